The quantitative estimate of drug-likeness (QED) is 0.779. The number of Topliss-reactive ketones (excluding diaryl/α,β-unsaturated/α-hetero) is 1. The van der Waals surface area contributed by atoms with Gasteiger partial charge in [-0.1, -0.05) is 15.9 Å². The summed E-state index contributed by atoms with van der Waals surface area (Å²) < 4.78 is 0.870. The summed E-state index contributed by atoms with van der Waals surface area (Å²) in [5.74, 6) is -2.21. The standard InChI is InChI=1S/C10H7BrO3/c11-6-1-2-7-5(3-6)4-8(9(7)12)10(13)14/h1-3,8H,4H2,(H,13,14). The van der Waals surface area contributed by atoms with Crippen molar-refractivity contribution in [1.82, 2.24) is 0 Å². The lowest BCUT2D eigenvalue weighted by Crippen LogP contribution is -2.19. The van der Waals surface area contributed by atoms with Gasteiger partial charge < -0.3 is 5.11 Å². The Morgan fingerprint density at radius 1 is 1.50 bits per heavy atom. The Morgan fingerprint density at radius 2 is 2.21 bits per heavy atom. The van der Waals surface area contributed by atoms with Gasteiger partial charge in [0.2, 0.25) is 0 Å². The lowest BCUT2D eigenvalue weighted by atomic mass is 10.1. The topological polar surface area (TPSA) is 54.4 Å². The summed E-state index contributed by atoms with van der Waals surface area (Å²) in [6.45, 7) is 0. The first-order chi connectivity index (χ1) is 6.59. The van der Waals surface area contributed by atoms with Crippen molar-refractivity contribution in [3.05, 3.63) is 33.8 Å². The molecule has 0 radical (unpaired) electrons. The van der Waals surface area contributed by atoms with Gasteiger partial charge >= 0.3 is 5.97 Å². The Balaban J connectivity index is 2.45. The van der Waals surface area contributed by atoms with Gasteiger partial charge in [-0.05, 0) is 30.2 Å². The Hall–Kier alpha value is -1.16. The molecule has 1 aromatic rings. The SMILES string of the molecule is O=C(O)C1Cc2cc(Br)ccc2C1=O. The number of carbonyl (C=O) groups is 2. The number of fused-ring (bicyclic) bond motifs is 1. The number of benzene rings is 1. The first-order valence-corrected chi connectivity index (χ1v) is 4.94. The third kappa shape index (κ3) is 1.35. The predicted molar refractivity (Wildman–Crippen MR) is 53.3 cm³/mol. The normalized spacial score (nSPS) is 19.5. The second-order valence-electron chi connectivity index (χ2n) is 3.26. The van der Waals surface area contributed by atoms with Crippen LogP contribution in [0.4, 0.5) is 0 Å². The fraction of sp³-hybridized carbons (Fsp3) is 0.200. The average molecular weight is 255 g/mol. The van der Waals surface area contributed by atoms with Gasteiger partial charge in [0.05, 0.1) is 0 Å². The number of halogens is 1. The smallest absolute Gasteiger partial charge is 0.314 e. The molecule has 3 nitrogen and oxygen atoms in total. The molecule has 72 valence electrons. The van der Waals surface area contributed by atoms with Gasteiger partial charge in [-0.3, -0.25) is 9.59 Å². The summed E-state index contributed by atoms with van der Waals surface area (Å²) in [4.78, 5) is 22.3. The fourth-order valence-corrected chi connectivity index (χ4v) is 2.08. The molecule has 1 aromatic carbocycles. The highest BCUT2D eigenvalue weighted by Gasteiger charge is 2.35. The molecule has 4 heteroatoms. The molecule has 1 atom stereocenters. The monoisotopic (exact) mass is 254 g/mol. The van der Waals surface area contributed by atoms with Crippen molar-refractivity contribution < 1.29 is 14.7 Å². The molecular formula is C10H7BrO3. The van der Waals surface area contributed by atoms with Crippen LogP contribution in [0.2, 0.25) is 0 Å². The van der Waals surface area contributed by atoms with Crippen molar-refractivity contribution >= 4 is 27.7 Å². The van der Waals surface area contributed by atoms with E-state index in [1.165, 1.54) is 0 Å². The van der Waals surface area contributed by atoms with Crippen LogP contribution in [0.3, 0.4) is 0 Å². The molecule has 0 heterocycles. The van der Waals surface area contributed by atoms with Gasteiger partial charge in [-0.25, -0.2) is 0 Å². The van der Waals surface area contributed by atoms with Crippen molar-refractivity contribution in [3.63, 3.8) is 0 Å². The van der Waals surface area contributed by atoms with E-state index in [1.807, 2.05) is 0 Å². The highest BCUT2D eigenvalue weighted by molar-refractivity contribution is 9.10. The van der Waals surface area contributed by atoms with Crippen LogP contribution in [0, 0.1) is 5.92 Å². The molecule has 0 fully saturated rings. The van der Waals surface area contributed by atoms with Crippen molar-refractivity contribution in [3.8, 4) is 0 Å². The molecule has 0 aromatic heterocycles. The minimum Gasteiger partial charge on any atom is -0.481 e. The van der Waals surface area contributed by atoms with E-state index in [1.54, 1.807) is 18.2 Å². The second-order valence-corrected chi connectivity index (χ2v) is 4.18. The zero-order valence-corrected chi connectivity index (χ0v) is 8.74. The fourth-order valence-electron chi connectivity index (χ4n) is 1.67. The maximum Gasteiger partial charge on any atom is 0.314 e. The Bertz CT molecular complexity index is 425. The van der Waals surface area contributed by atoms with Crippen LogP contribution in [0.25, 0.3) is 0 Å². The summed E-state index contributed by atoms with van der Waals surface area (Å²) in [6.07, 6.45) is 0.308. The zero-order chi connectivity index (χ0) is 10.3. The third-order valence-corrected chi connectivity index (χ3v) is 2.86. The molecule has 14 heavy (non-hydrogen) atoms. The van der Waals surface area contributed by atoms with E-state index in [0.717, 1.165) is 10.0 Å². The van der Waals surface area contributed by atoms with Gasteiger partial charge in [0, 0.05) is 10.0 Å². The molecule has 0 saturated heterocycles. The van der Waals surface area contributed by atoms with Gasteiger partial charge in [-0.2, -0.15) is 0 Å². The molecule has 0 aliphatic heterocycles. The number of carboxylic acid groups (broad SMARTS) is 1. The summed E-state index contributed by atoms with van der Waals surface area (Å²) >= 11 is 3.28. The van der Waals surface area contributed by atoms with E-state index in [9.17, 15) is 9.59 Å². The van der Waals surface area contributed by atoms with E-state index < -0.39 is 11.9 Å². The molecule has 0 bridgehead atoms. The molecule has 1 unspecified atom stereocenters. The number of hydrogen-bond donors (Lipinski definition) is 1. The Kier molecular flexibility index (Phi) is 2.15. The van der Waals surface area contributed by atoms with Crippen LogP contribution in [-0.4, -0.2) is 16.9 Å². The van der Waals surface area contributed by atoms with E-state index in [4.69, 9.17) is 5.11 Å². The van der Waals surface area contributed by atoms with Crippen molar-refractivity contribution in [2.24, 2.45) is 5.92 Å². The highest BCUT2D eigenvalue weighted by atomic mass is 79.9. The van der Waals surface area contributed by atoms with Crippen molar-refractivity contribution in [1.29, 1.82) is 0 Å². The van der Waals surface area contributed by atoms with Gasteiger partial charge in [0.1, 0.15) is 5.92 Å². The van der Waals surface area contributed by atoms with E-state index >= 15 is 0 Å². The van der Waals surface area contributed by atoms with Gasteiger partial charge in [0.25, 0.3) is 0 Å². The highest BCUT2D eigenvalue weighted by Crippen LogP contribution is 2.29. The number of hydrogen-bond acceptors (Lipinski definition) is 2. The van der Waals surface area contributed by atoms with Crippen LogP contribution in [-0.2, 0) is 11.2 Å². The van der Waals surface area contributed by atoms with Gasteiger partial charge in [0.15, 0.2) is 5.78 Å². The molecule has 1 N–H and O–H groups in total. The number of rotatable bonds is 1. The van der Waals surface area contributed by atoms with Crippen LogP contribution >= 0.6 is 15.9 Å². The number of aliphatic carboxylic acids is 1. The van der Waals surface area contributed by atoms with Crippen LogP contribution in [0.15, 0.2) is 22.7 Å². The molecule has 0 spiro atoms. The van der Waals surface area contributed by atoms with E-state index in [0.29, 0.717) is 12.0 Å². The summed E-state index contributed by atoms with van der Waals surface area (Å²) in [7, 11) is 0. The van der Waals surface area contributed by atoms with Crippen LogP contribution in [0.1, 0.15) is 15.9 Å². The molecule has 2 rings (SSSR count). The first-order valence-electron chi connectivity index (χ1n) is 4.15. The molecule has 0 saturated carbocycles. The van der Waals surface area contributed by atoms with Crippen molar-refractivity contribution in [2.45, 2.75) is 6.42 Å². The number of ketones is 1. The lowest BCUT2D eigenvalue weighted by molar-refractivity contribution is -0.139. The predicted octanol–water partition coefficient (Wildman–Crippen LogP) is 1.89. The molecule has 1 aliphatic carbocycles. The Labute approximate surface area is 88.9 Å². The average Bonchev–Trinajstić information content (AvgIpc) is 2.43. The van der Waals surface area contributed by atoms with E-state index in [2.05, 4.69) is 15.9 Å². The zero-order valence-electron chi connectivity index (χ0n) is 7.16. The Morgan fingerprint density at radius 3 is 2.86 bits per heavy atom. The maximum atomic E-state index is 11.6. The summed E-state index contributed by atoms with van der Waals surface area (Å²) in [5, 5.41) is 8.79. The van der Waals surface area contributed by atoms with Crippen molar-refractivity contribution in [2.75, 3.05) is 0 Å². The van der Waals surface area contributed by atoms with Crippen LogP contribution in [0.5, 0.6) is 0 Å². The third-order valence-electron chi connectivity index (χ3n) is 2.37. The van der Waals surface area contributed by atoms with Gasteiger partial charge in [-0.15, -0.1) is 0 Å². The summed E-state index contributed by atoms with van der Waals surface area (Å²) in [6, 6.07) is 5.22. The van der Waals surface area contributed by atoms with Crippen LogP contribution < -0.4 is 0 Å². The molecular weight excluding hydrogens is 248 g/mol. The lowest BCUT2D eigenvalue weighted by Gasteiger charge is -1.97. The largest absolute Gasteiger partial charge is 0.481 e. The maximum absolute atomic E-state index is 11.6. The number of carbonyl (C=O) groups excluding carboxylic acids is 1. The minimum absolute atomic E-state index is 0.278. The minimum atomic E-state index is -1.04. The number of carboxylic acids is 1. The summed E-state index contributed by atoms with van der Waals surface area (Å²) in [5.41, 5.74) is 1.36. The first kappa shape index (κ1) is 9.40. The second kappa shape index (κ2) is 3.20. The van der Waals surface area contributed by atoms with E-state index in [-0.39, 0.29) is 5.78 Å². The molecule has 1 aliphatic rings. The molecule has 0 amide bonds.